The molecule has 1 N–H and O–H groups in total. The molecule has 0 aromatic carbocycles. The molecule has 15 heavy (non-hydrogen) atoms. The molecule has 0 atom stereocenters. The standard InChI is InChI=1S/C9H18N2O2S.ClH/c1-6(2)10-9(13)11(7(3)4)5-8(12)14;/h6-7H,5H2,1-4H3,(H,10,13)(H,12,14);1H. The van der Waals surface area contributed by atoms with E-state index in [1.807, 2.05) is 27.7 Å². The molecule has 0 heterocycles. The van der Waals surface area contributed by atoms with Gasteiger partial charge < -0.3 is 10.2 Å². The summed E-state index contributed by atoms with van der Waals surface area (Å²) in [4.78, 5) is 23.8. The maximum absolute atomic E-state index is 11.6. The van der Waals surface area contributed by atoms with Crippen molar-refractivity contribution in [3.8, 4) is 0 Å². The highest BCUT2D eigenvalue weighted by Crippen LogP contribution is 2.00. The number of nitrogens with zero attached hydrogens (tertiary/aromatic N) is 1. The zero-order valence-corrected chi connectivity index (χ0v) is 11.2. The zero-order chi connectivity index (χ0) is 11.3. The number of amides is 2. The van der Waals surface area contributed by atoms with Crippen molar-refractivity contribution in [2.24, 2.45) is 0 Å². The average molecular weight is 255 g/mol. The molecule has 0 aliphatic heterocycles. The van der Waals surface area contributed by atoms with E-state index in [-0.39, 0.29) is 42.2 Å². The number of carbonyl (C=O) groups excluding carboxylic acids is 2. The van der Waals surface area contributed by atoms with Gasteiger partial charge in [0.25, 0.3) is 0 Å². The Kier molecular flexibility index (Phi) is 8.86. The lowest BCUT2D eigenvalue weighted by Gasteiger charge is -2.26. The second-order valence-electron chi connectivity index (χ2n) is 3.72. The van der Waals surface area contributed by atoms with Gasteiger partial charge in [0.05, 0.1) is 6.54 Å². The fraction of sp³-hybridized carbons (Fsp3) is 0.778. The fourth-order valence-corrected chi connectivity index (χ4v) is 1.12. The minimum atomic E-state index is -0.308. The number of urea groups is 1. The lowest BCUT2D eigenvalue weighted by Crippen LogP contribution is -2.47. The van der Waals surface area contributed by atoms with Crippen LogP contribution in [0.4, 0.5) is 4.79 Å². The highest BCUT2D eigenvalue weighted by molar-refractivity contribution is 7.96. The Balaban J connectivity index is 0. The Morgan fingerprint density at radius 3 is 2.00 bits per heavy atom. The number of carbonyl (C=O) groups is 2. The van der Waals surface area contributed by atoms with Crippen molar-refractivity contribution in [2.45, 2.75) is 39.8 Å². The first kappa shape index (κ1) is 17.0. The molecule has 0 aliphatic rings. The van der Waals surface area contributed by atoms with Crippen molar-refractivity contribution in [3.05, 3.63) is 0 Å². The summed E-state index contributed by atoms with van der Waals surface area (Å²) in [5, 5.41) is 2.42. The fourth-order valence-electron chi connectivity index (χ4n) is 0.964. The Morgan fingerprint density at radius 2 is 1.73 bits per heavy atom. The largest absolute Gasteiger partial charge is 0.336 e. The van der Waals surface area contributed by atoms with E-state index in [2.05, 4.69) is 17.9 Å². The summed E-state index contributed by atoms with van der Waals surface area (Å²) in [6.45, 7) is 7.50. The van der Waals surface area contributed by atoms with Gasteiger partial charge in [0.15, 0.2) is 0 Å². The number of rotatable bonds is 4. The third-order valence-electron chi connectivity index (χ3n) is 1.60. The molecule has 0 radical (unpaired) electrons. The first-order valence-corrected chi connectivity index (χ1v) is 5.08. The van der Waals surface area contributed by atoms with Crippen molar-refractivity contribution >= 4 is 36.2 Å². The molecule has 0 bridgehead atoms. The Labute approximate surface area is 103 Å². The van der Waals surface area contributed by atoms with Gasteiger partial charge in [-0.2, -0.15) is 0 Å². The highest BCUT2D eigenvalue weighted by Gasteiger charge is 2.18. The van der Waals surface area contributed by atoms with Crippen LogP contribution < -0.4 is 5.32 Å². The van der Waals surface area contributed by atoms with Crippen LogP contribution in [0.3, 0.4) is 0 Å². The SMILES string of the molecule is CC(C)NC(=O)N(CC(=O)S)C(C)C.Cl. The highest BCUT2D eigenvalue weighted by atomic mass is 35.5. The minimum absolute atomic E-state index is 0. The maximum Gasteiger partial charge on any atom is 0.318 e. The second-order valence-corrected chi connectivity index (χ2v) is 4.22. The molecule has 0 aliphatic carbocycles. The van der Waals surface area contributed by atoms with Gasteiger partial charge in [0, 0.05) is 12.1 Å². The number of thiol groups is 1. The topological polar surface area (TPSA) is 49.4 Å². The van der Waals surface area contributed by atoms with Crippen molar-refractivity contribution < 1.29 is 9.59 Å². The van der Waals surface area contributed by atoms with E-state index in [4.69, 9.17) is 0 Å². The predicted molar refractivity (Wildman–Crippen MR) is 66.8 cm³/mol. The van der Waals surface area contributed by atoms with Gasteiger partial charge >= 0.3 is 6.03 Å². The first-order valence-electron chi connectivity index (χ1n) is 4.63. The number of hydrogen-bond donors (Lipinski definition) is 2. The van der Waals surface area contributed by atoms with E-state index in [0.29, 0.717) is 0 Å². The van der Waals surface area contributed by atoms with Crippen molar-refractivity contribution in [1.29, 1.82) is 0 Å². The summed E-state index contributed by atoms with van der Waals surface area (Å²) in [6, 6.07) is -0.166. The van der Waals surface area contributed by atoms with Gasteiger partial charge in [-0.25, -0.2) is 4.79 Å². The molecule has 2 amide bonds. The van der Waals surface area contributed by atoms with Crippen LogP contribution in [0.2, 0.25) is 0 Å². The molecule has 6 heteroatoms. The number of halogens is 1. The Hall–Kier alpha value is -0.420. The average Bonchev–Trinajstić information content (AvgIpc) is 1.97. The van der Waals surface area contributed by atoms with Crippen LogP contribution in [0.1, 0.15) is 27.7 Å². The van der Waals surface area contributed by atoms with E-state index in [9.17, 15) is 9.59 Å². The summed E-state index contributed by atoms with van der Waals surface area (Å²) < 4.78 is 0. The van der Waals surface area contributed by atoms with E-state index in [0.717, 1.165) is 0 Å². The van der Waals surface area contributed by atoms with Crippen molar-refractivity contribution in [1.82, 2.24) is 10.2 Å². The van der Waals surface area contributed by atoms with E-state index in [1.165, 1.54) is 4.90 Å². The summed E-state index contributed by atoms with van der Waals surface area (Å²) in [5.41, 5.74) is 0. The summed E-state index contributed by atoms with van der Waals surface area (Å²) in [5.74, 6) is 0. The molecule has 4 nitrogen and oxygen atoms in total. The number of hydrogen-bond acceptors (Lipinski definition) is 2. The molecule has 0 unspecified atom stereocenters. The Morgan fingerprint density at radius 1 is 1.27 bits per heavy atom. The Bertz CT molecular complexity index is 222. The molecule has 0 aromatic heterocycles. The monoisotopic (exact) mass is 254 g/mol. The molecule has 0 spiro atoms. The maximum atomic E-state index is 11.6. The molecular weight excluding hydrogens is 236 g/mol. The lowest BCUT2D eigenvalue weighted by atomic mass is 10.3. The van der Waals surface area contributed by atoms with Crippen molar-refractivity contribution in [2.75, 3.05) is 6.54 Å². The minimum Gasteiger partial charge on any atom is -0.336 e. The lowest BCUT2D eigenvalue weighted by molar-refractivity contribution is -0.111. The summed E-state index contributed by atoms with van der Waals surface area (Å²) in [7, 11) is 0. The summed E-state index contributed by atoms with van der Waals surface area (Å²) in [6.07, 6.45) is 0. The molecule has 0 aromatic rings. The molecule has 0 saturated heterocycles. The van der Waals surface area contributed by atoms with Crippen LogP contribution >= 0.6 is 25.0 Å². The van der Waals surface area contributed by atoms with Gasteiger partial charge in [-0.1, -0.05) is 0 Å². The van der Waals surface area contributed by atoms with Crippen LogP contribution in [-0.4, -0.2) is 34.7 Å². The molecule has 0 saturated carbocycles. The van der Waals surface area contributed by atoms with Crippen LogP contribution in [-0.2, 0) is 4.79 Å². The van der Waals surface area contributed by atoms with E-state index < -0.39 is 0 Å². The third kappa shape index (κ3) is 7.50. The zero-order valence-electron chi connectivity index (χ0n) is 9.48. The molecule has 0 fully saturated rings. The van der Waals surface area contributed by atoms with Gasteiger partial charge in [0.1, 0.15) is 0 Å². The van der Waals surface area contributed by atoms with Crippen molar-refractivity contribution in [3.63, 3.8) is 0 Å². The van der Waals surface area contributed by atoms with E-state index >= 15 is 0 Å². The van der Waals surface area contributed by atoms with Crippen LogP contribution in [0.5, 0.6) is 0 Å². The number of nitrogens with one attached hydrogen (secondary N) is 1. The van der Waals surface area contributed by atoms with Gasteiger partial charge in [-0.05, 0) is 27.7 Å². The quantitative estimate of drug-likeness (QED) is 0.751. The van der Waals surface area contributed by atoms with Crippen LogP contribution in [0.15, 0.2) is 0 Å². The molecule has 0 rings (SSSR count). The van der Waals surface area contributed by atoms with Gasteiger partial charge in [-0.15, -0.1) is 25.0 Å². The smallest absolute Gasteiger partial charge is 0.318 e. The molecule has 90 valence electrons. The van der Waals surface area contributed by atoms with Gasteiger partial charge in [0.2, 0.25) is 5.12 Å². The van der Waals surface area contributed by atoms with Crippen LogP contribution in [0.25, 0.3) is 0 Å². The van der Waals surface area contributed by atoms with Crippen LogP contribution in [0, 0.1) is 0 Å². The second kappa shape index (κ2) is 7.82. The summed E-state index contributed by atoms with van der Waals surface area (Å²) >= 11 is 3.66. The van der Waals surface area contributed by atoms with Gasteiger partial charge in [-0.3, -0.25) is 4.79 Å². The predicted octanol–water partition coefficient (Wildman–Crippen LogP) is 1.69. The van der Waals surface area contributed by atoms with E-state index in [1.54, 1.807) is 0 Å². The normalized spacial score (nSPS) is 9.80. The first-order chi connectivity index (χ1) is 6.34. The third-order valence-corrected chi connectivity index (χ3v) is 1.74. The molecular formula is C9H19ClN2O2S.